The lowest BCUT2D eigenvalue weighted by Gasteiger charge is -2.41. The van der Waals surface area contributed by atoms with Crippen LogP contribution in [-0.4, -0.2) is 39.2 Å². The second-order valence-electron chi connectivity index (χ2n) is 8.82. The molecule has 2 aromatic rings. The molecule has 8 nitrogen and oxygen atoms in total. The Morgan fingerprint density at radius 2 is 1.64 bits per heavy atom. The number of rotatable bonds is 8. The monoisotopic (exact) mass is 579 g/mol. The molecule has 15 heteroatoms. The van der Waals surface area contributed by atoms with Crippen molar-refractivity contribution >= 4 is 27.6 Å². The maximum Gasteiger partial charge on any atom is 0.416 e. The third-order valence-electron chi connectivity index (χ3n) is 5.86. The van der Waals surface area contributed by atoms with Gasteiger partial charge in [0.15, 0.2) is 5.54 Å². The maximum absolute atomic E-state index is 14.7. The fourth-order valence-corrected chi connectivity index (χ4v) is 4.38. The Bertz CT molecular complexity index is 1370. The van der Waals surface area contributed by atoms with Gasteiger partial charge in [-0.2, -0.15) is 34.8 Å². The van der Waals surface area contributed by atoms with Crippen molar-refractivity contribution in [3.8, 4) is 5.75 Å². The van der Waals surface area contributed by atoms with E-state index in [1.54, 1.807) is 6.92 Å². The zero-order chi connectivity index (χ0) is 29.2. The predicted molar refractivity (Wildman–Crippen MR) is 127 cm³/mol. The normalized spacial score (nSPS) is 18.5. The summed E-state index contributed by atoms with van der Waals surface area (Å²) in [6.07, 6.45) is -11.9. The molecule has 0 aromatic heterocycles. The predicted octanol–water partition coefficient (Wildman–Crippen LogP) is 3.77. The highest BCUT2D eigenvalue weighted by Crippen LogP contribution is 2.48. The molecule has 1 aliphatic rings. The molecule has 0 saturated carbocycles. The van der Waals surface area contributed by atoms with Gasteiger partial charge in [-0.1, -0.05) is 42.0 Å². The molecule has 0 radical (unpaired) electrons. The molecular formula is C24H23F6N3O5S. The maximum atomic E-state index is 14.7. The van der Waals surface area contributed by atoms with Crippen LogP contribution in [0.1, 0.15) is 36.0 Å². The quantitative estimate of drug-likeness (QED) is 0.249. The van der Waals surface area contributed by atoms with Crippen molar-refractivity contribution in [1.82, 2.24) is 10.0 Å². The molecule has 1 atom stereocenters. The average Bonchev–Trinajstić information content (AvgIpc) is 2.79. The number of aryl methyl sites for hydroxylation is 1. The first kappa shape index (κ1) is 30.0. The highest BCUT2D eigenvalue weighted by atomic mass is 32.2. The summed E-state index contributed by atoms with van der Waals surface area (Å²) in [6.45, 7) is 1.37. The molecule has 212 valence electrons. The molecule has 2 aromatic carbocycles. The number of nitrogens with one attached hydrogen (secondary N) is 2. The molecule has 2 amide bonds. The highest BCUT2D eigenvalue weighted by Gasteiger charge is 2.60. The lowest BCUT2D eigenvalue weighted by atomic mass is 9.76. The molecule has 3 rings (SSSR count). The van der Waals surface area contributed by atoms with Gasteiger partial charge >= 0.3 is 12.4 Å². The number of carbonyl (C=O) groups is 2. The average molecular weight is 580 g/mol. The Morgan fingerprint density at radius 1 is 1.05 bits per heavy atom. The largest absolute Gasteiger partial charge is 0.494 e. The number of amides is 2. The van der Waals surface area contributed by atoms with E-state index in [0.717, 1.165) is 29.8 Å². The van der Waals surface area contributed by atoms with Gasteiger partial charge in [0, 0.05) is 12.8 Å². The summed E-state index contributed by atoms with van der Waals surface area (Å²) < 4.78 is 110. The van der Waals surface area contributed by atoms with Gasteiger partial charge in [0.2, 0.25) is 0 Å². The minimum atomic E-state index is -5.12. The lowest BCUT2D eigenvalue weighted by Crippen LogP contribution is -2.60. The first-order valence-corrected chi connectivity index (χ1v) is 12.8. The van der Waals surface area contributed by atoms with E-state index in [4.69, 9.17) is 9.88 Å². The van der Waals surface area contributed by atoms with Crippen LogP contribution in [0, 0.1) is 6.92 Å². The van der Waals surface area contributed by atoms with Crippen LogP contribution in [0.25, 0.3) is 5.57 Å². The Labute approximate surface area is 219 Å². The molecular weight excluding hydrogens is 556 g/mol. The molecule has 0 bridgehead atoms. The molecule has 0 spiro atoms. The zero-order valence-electron chi connectivity index (χ0n) is 20.2. The fourth-order valence-electron chi connectivity index (χ4n) is 4.02. The van der Waals surface area contributed by atoms with Crippen LogP contribution in [0.3, 0.4) is 0 Å². The Hall–Kier alpha value is -3.59. The van der Waals surface area contributed by atoms with Gasteiger partial charge in [0.25, 0.3) is 22.0 Å². The summed E-state index contributed by atoms with van der Waals surface area (Å²) in [4.78, 5) is 25.7. The first-order chi connectivity index (χ1) is 17.9. The Kier molecular flexibility index (Phi) is 8.36. The SMILES string of the molecule is Cc1ccc(C2=C(C(=O)NS(N)(=O)=O)C(=O)N[C@@](c3ccc(OCCCC(F)(F)F)cc3)(C(F)(F)F)C2)cc1. The van der Waals surface area contributed by atoms with E-state index in [1.165, 1.54) is 29.0 Å². The minimum absolute atomic E-state index is 0.00269. The summed E-state index contributed by atoms with van der Waals surface area (Å²) in [5.74, 6) is -3.00. The Balaban J connectivity index is 2.04. The fraction of sp³-hybridized carbons (Fsp3) is 0.333. The van der Waals surface area contributed by atoms with Gasteiger partial charge in [-0.3, -0.25) is 9.59 Å². The van der Waals surface area contributed by atoms with Gasteiger partial charge < -0.3 is 10.1 Å². The molecule has 39 heavy (non-hydrogen) atoms. The van der Waals surface area contributed by atoms with Crippen LogP contribution in [0.2, 0.25) is 0 Å². The standard InChI is InChI=1S/C24H23F6N3O5S/c1-14-3-5-15(6-4-14)18-13-22(24(28,29)30,32-20(34)19(18)21(35)33-39(31,36)37)16-7-9-17(10-8-16)38-12-2-11-23(25,26)27/h3-10H,2,11-13H2,1H3,(H,32,34)(H,33,35)(H2,31,36,37)/t22-/m0/s1. The molecule has 0 fully saturated rings. The number of hydrogen-bond acceptors (Lipinski definition) is 5. The van der Waals surface area contributed by atoms with E-state index in [2.05, 4.69) is 0 Å². The number of nitrogens with two attached hydrogens (primary N) is 1. The molecule has 1 aliphatic heterocycles. The van der Waals surface area contributed by atoms with Crippen LogP contribution in [0.4, 0.5) is 26.3 Å². The van der Waals surface area contributed by atoms with Crippen molar-refractivity contribution < 1.29 is 49.1 Å². The minimum Gasteiger partial charge on any atom is -0.494 e. The molecule has 0 unspecified atom stereocenters. The molecule has 4 N–H and O–H groups in total. The summed E-state index contributed by atoms with van der Waals surface area (Å²) in [5.41, 5.74) is -3.97. The number of carbonyl (C=O) groups excluding carboxylic acids is 2. The van der Waals surface area contributed by atoms with Crippen molar-refractivity contribution in [3.63, 3.8) is 0 Å². The second kappa shape index (κ2) is 10.9. The van der Waals surface area contributed by atoms with Crippen LogP contribution >= 0.6 is 0 Å². The third kappa shape index (κ3) is 7.29. The Morgan fingerprint density at radius 3 is 2.15 bits per heavy atom. The van der Waals surface area contributed by atoms with Crippen molar-refractivity contribution in [3.05, 3.63) is 70.8 Å². The zero-order valence-corrected chi connectivity index (χ0v) is 21.1. The van der Waals surface area contributed by atoms with Crippen molar-refractivity contribution in [2.45, 2.75) is 44.1 Å². The van der Waals surface area contributed by atoms with Gasteiger partial charge in [-0.25, -0.2) is 9.86 Å². The first-order valence-electron chi connectivity index (χ1n) is 11.3. The van der Waals surface area contributed by atoms with Gasteiger partial charge in [0.1, 0.15) is 11.3 Å². The van der Waals surface area contributed by atoms with Crippen LogP contribution in [0.15, 0.2) is 54.1 Å². The highest BCUT2D eigenvalue weighted by molar-refractivity contribution is 7.87. The number of halogens is 6. The van der Waals surface area contributed by atoms with Crippen molar-refractivity contribution in [2.24, 2.45) is 5.14 Å². The van der Waals surface area contributed by atoms with Crippen LogP contribution in [-0.2, 0) is 25.3 Å². The number of benzene rings is 2. The van der Waals surface area contributed by atoms with Crippen LogP contribution in [0.5, 0.6) is 5.75 Å². The second-order valence-corrected chi connectivity index (χ2v) is 10.1. The molecule has 0 saturated heterocycles. The summed E-state index contributed by atoms with van der Waals surface area (Å²) >= 11 is 0. The summed E-state index contributed by atoms with van der Waals surface area (Å²) in [5, 5.41) is 6.64. The van der Waals surface area contributed by atoms with Gasteiger partial charge in [-0.15, -0.1) is 0 Å². The van der Waals surface area contributed by atoms with E-state index < -0.39 is 63.9 Å². The van der Waals surface area contributed by atoms with Crippen LogP contribution < -0.4 is 19.9 Å². The number of alkyl halides is 6. The number of hydrogen-bond donors (Lipinski definition) is 3. The molecule has 0 aliphatic carbocycles. The summed E-state index contributed by atoms with van der Waals surface area (Å²) in [7, 11) is -4.65. The van der Waals surface area contributed by atoms with E-state index in [9.17, 15) is 44.3 Å². The van der Waals surface area contributed by atoms with Crippen molar-refractivity contribution in [1.29, 1.82) is 0 Å². The van der Waals surface area contributed by atoms with E-state index in [-0.39, 0.29) is 29.9 Å². The van der Waals surface area contributed by atoms with E-state index in [1.807, 2.05) is 5.32 Å². The van der Waals surface area contributed by atoms with Crippen molar-refractivity contribution in [2.75, 3.05) is 6.61 Å². The smallest absolute Gasteiger partial charge is 0.416 e. The third-order valence-corrected chi connectivity index (χ3v) is 6.33. The lowest BCUT2D eigenvalue weighted by molar-refractivity contribution is -0.201. The molecule has 1 heterocycles. The number of ether oxygens (including phenoxy) is 1. The topological polar surface area (TPSA) is 128 Å². The summed E-state index contributed by atoms with van der Waals surface area (Å²) in [6, 6.07) is 10.0. The van der Waals surface area contributed by atoms with Gasteiger partial charge in [-0.05, 0) is 42.2 Å². The van der Waals surface area contributed by atoms with Gasteiger partial charge in [0.05, 0.1) is 6.61 Å². The van der Waals surface area contributed by atoms with E-state index in [0.29, 0.717) is 0 Å². The van der Waals surface area contributed by atoms with E-state index >= 15 is 0 Å².